The quantitative estimate of drug-likeness (QED) is 0.511. The molecular weight excluding hydrogens is 439 g/mol. The highest BCUT2D eigenvalue weighted by atomic mass is 32.2. The number of pyridine rings is 1. The van der Waals surface area contributed by atoms with Gasteiger partial charge in [-0.3, -0.25) is 24.4 Å². The summed E-state index contributed by atoms with van der Waals surface area (Å²) in [7, 11) is 0. The minimum absolute atomic E-state index is 0.0221. The molecule has 0 bridgehead atoms. The Bertz CT molecular complexity index is 1280. The van der Waals surface area contributed by atoms with Gasteiger partial charge in [-0.2, -0.15) is 11.8 Å². The smallest absolute Gasteiger partial charge is 0.322 e. The molecule has 1 aromatic carbocycles. The number of carboxylic acid groups (broad SMARTS) is 1. The normalized spacial score (nSPS) is 12.4. The summed E-state index contributed by atoms with van der Waals surface area (Å²) >= 11 is 1.47. The van der Waals surface area contributed by atoms with Crippen LogP contribution in [0.1, 0.15) is 27.3 Å². The monoisotopic (exact) mass is 456 g/mol. The highest BCUT2D eigenvalue weighted by molar-refractivity contribution is 7.98. The summed E-state index contributed by atoms with van der Waals surface area (Å²) in [5, 5.41) is 21.4. The lowest BCUT2D eigenvalue weighted by Gasteiger charge is -2.16. The summed E-state index contributed by atoms with van der Waals surface area (Å²) < 4.78 is 15.3. The lowest BCUT2D eigenvalue weighted by Crippen LogP contribution is -2.37. The topological polar surface area (TPSA) is 134 Å². The van der Waals surface area contributed by atoms with Crippen LogP contribution in [0.5, 0.6) is 5.75 Å². The number of aromatic hydroxyl groups is 1. The number of hydrogen-bond donors (Lipinski definition) is 3. The van der Waals surface area contributed by atoms with Gasteiger partial charge in [-0.1, -0.05) is 12.1 Å². The maximum atomic E-state index is 14.0. The molecule has 0 saturated heterocycles. The van der Waals surface area contributed by atoms with Crippen LogP contribution in [0.25, 0.3) is 11.3 Å². The number of hydrogen-bond acceptors (Lipinski definition) is 7. The van der Waals surface area contributed by atoms with E-state index in [0.717, 1.165) is 0 Å². The summed E-state index contributed by atoms with van der Waals surface area (Å²) in [5.41, 5.74) is 0.768. The van der Waals surface area contributed by atoms with E-state index in [2.05, 4.69) is 15.3 Å². The van der Waals surface area contributed by atoms with Crippen molar-refractivity contribution in [2.45, 2.75) is 18.1 Å². The maximum Gasteiger partial charge on any atom is 0.322 e. The number of fused-ring (bicyclic) bond motifs is 1. The summed E-state index contributed by atoms with van der Waals surface area (Å²) in [6.07, 6.45) is 2.81. The molecule has 1 aliphatic heterocycles. The number of carbonyl (C=O) groups is 2. The molecule has 164 valence electrons. The van der Waals surface area contributed by atoms with E-state index < -0.39 is 41.1 Å². The van der Waals surface area contributed by atoms with Crippen LogP contribution in [0.2, 0.25) is 0 Å². The zero-order valence-electron chi connectivity index (χ0n) is 16.5. The first-order chi connectivity index (χ1) is 15.4. The standard InChI is InChI=1S/C21H17FN4O5S/c22-14-4-2-1-3-12(14)15-6-23-11(5-24-15)8-26-16-10-32-9-13(16)19(29)18(21(26)31)20(30)25-7-17(27)28/h1-6,29H,7-10H2,(H,25,30)(H,27,28). The van der Waals surface area contributed by atoms with Crippen LogP contribution in [0.3, 0.4) is 0 Å². The third-order valence-electron chi connectivity index (χ3n) is 4.94. The number of carbonyl (C=O) groups excluding carboxylic acids is 1. The van der Waals surface area contributed by atoms with Crippen molar-refractivity contribution in [3.8, 4) is 17.0 Å². The van der Waals surface area contributed by atoms with E-state index in [-0.39, 0.29) is 6.54 Å². The summed E-state index contributed by atoms with van der Waals surface area (Å²) in [6, 6.07) is 6.15. The molecule has 2 aromatic heterocycles. The van der Waals surface area contributed by atoms with Crippen molar-refractivity contribution < 1.29 is 24.2 Å². The van der Waals surface area contributed by atoms with E-state index in [9.17, 15) is 23.9 Å². The fourth-order valence-corrected chi connectivity index (χ4v) is 4.53. The molecule has 0 radical (unpaired) electrons. The van der Waals surface area contributed by atoms with Crippen molar-refractivity contribution in [2.24, 2.45) is 0 Å². The molecule has 32 heavy (non-hydrogen) atoms. The fraction of sp³-hybridized carbons (Fsp3) is 0.190. The summed E-state index contributed by atoms with van der Waals surface area (Å²) in [4.78, 5) is 44.7. The Hall–Kier alpha value is -3.73. The average Bonchev–Trinajstić information content (AvgIpc) is 3.26. The van der Waals surface area contributed by atoms with Crippen LogP contribution in [0.15, 0.2) is 41.5 Å². The molecule has 9 nitrogen and oxygen atoms in total. The molecule has 4 rings (SSSR count). The largest absolute Gasteiger partial charge is 0.507 e. The van der Waals surface area contributed by atoms with Crippen molar-refractivity contribution in [2.75, 3.05) is 6.54 Å². The molecule has 0 atom stereocenters. The highest BCUT2D eigenvalue weighted by Crippen LogP contribution is 2.36. The van der Waals surface area contributed by atoms with E-state index in [1.807, 2.05) is 0 Å². The highest BCUT2D eigenvalue weighted by Gasteiger charge is 2.29. The van der Waals surface area contributed by atoms with Crippen LogP contribution < -0.4 is 10.9 Å². The molecule has 3 aromatic rings. The molecule has 3 N–H and O–H groups in total. The van der Waals surface area contributed by atoms with Crippen molar-refractivity contribution in [3.63, 3.8) is 0 Å². The van der Waals surface area contributed by atoms with Crippen LogP contribution in [-0.4, -0.2) is 43.2 Å². The SMILES string of the molecule is O=C(O)CNC(=O)c1c(O)c2c(n(Cc3cnc(-c4ccccc4F)cn3)c1=O)CSC2. The Morgan fingerprint density at radius 2 is 1.97 bits per heavy atom. The molecule has 11 heteroatoms. The van der Waals surface area contributed by atoms with Crippen LogP contribution in [-0.2, 0) is 22.8 Å². The Kier molecular flexibility index (Phi) is 5.91. The zero-order valence-corrected chi connectivity index (χ0v) is 17.4. The Morgan fingerprint density at radius 3 is 2.66 bits per heavy atom. The van der Waals surface area contributed by atoms with Gasteiger partial charge in [-0.05, 0) is 12.1 Å². The Labute approximate surface area is 185 Å². The predicted octanol–water partition coefficient (Wildman–Crippen LogP) is 1.76. The van der Waals surface area contributed by atoms with Gasteiger partial charge in [0.15, 0.2) is 0 Å². The van der Waals surface area contributed by atoms with Gasteiger partial charge in [-0.15, -0.1) is 0 Å². The third-order valence-corrected chi connectivity index (χ3v) is 5.91. The first-order valence-corrected chi connectivity index (χ1v) is 10.6. The predicted molar refractivity (Wildman–Crippen MR) is 114 cm³/mol. The number of benzene rings is 1. The molecule has 1 amide bonds. The van der Waals surface area contributed by atoms with Gasteiger partial charge >= 0.3 is 5.97 Å². The fourth-order valence-electron chi connectivity index (χ4n) is 3.40. The molecule has 3 heterocycles. The average molecular weight is 456 g/mol. The minimum atomic E-state index is -1.28. The summed E-state index contributed by atoms with van der Waals surface area (Å²) in [6.45, 7) is -0.710. The van der Waals surface area contributed by atoms with Crippen molar-refractivity contribution in [1.82, 2.24) is 19.9 Å². The van der Waals surface area contributed by atoms with Gasteiger partial charge in [0, 0.05) is 28.3 Å². The number of nitrogens with one attached hydrogen (secondary N) is 1. The van der Waals surface area contributed by atoms with Crippen molar-refractivity contribution in [1.29, 1.82) is 0 Å². The molecule has 1 aliphatic rings. The van der Waals surface area contributed by atoms with Gasteiger partial charge in [0.05, 0.1) is 30.3 Å². The number of rotatable bonds is 6. The van der Waals surface area contributed by atoms with Gasteiger partial charge in [0.2, 0.25) is 0 Å². The lowest BCUT2D eigenvalue weighted by molar-refractivity contribution is -0.135. The van der Waals surface area contributed by atoms with E-state index in [0.29, 0.717) is 39.7 Å². The van der Waals surface area contributed by atoms with E-state index in [1.54, 1.807) is 18.2 Å². The number of carboxylic acids is 1. The van der Waals surface area contributed by atoms with Gasteiger partial charge in [-0.25, -0.2) is 4.39 Å². The van der Waals surface area contributed by atoms with Crippen molar-refractivity contribution in [3.05, 3.63) is 75.3 Å². The molecule has 0 unspecified atom stereocenters. The maximum absolute atomic E-state index is 14.0. The second-order valence-corrected chi connectivity index (χ2v) is 7.97. The van der Waals surface area contributed by atoms with E-state index in [1.165, 1.54) is 34.8 Å². The van der Waals surface area contributed by atoms with E-state index in [4.69, 9.17) is 5.11 Å². The third kappa shape index (κ3) is 4.06. The Morgan fingerprint density at radius 1 is 1.19 bits per heavy atom. The van der Waals surface area contributed by atoms with Gasteiger partial charge in [0.25, 0.3) is 11.5 Å². The molecule has 0 aliphatic carbocycles. The first-order valence-electron chi connectivity index (χ1n) is 9.48. The number of halogens is 1. The minimum Gasteiger partial charge on any atom is -0.507 e. The van der Waals surface area contributed by atoms with E-state index >= 15 is 0 Å². The van der Waals surface area contributed by atoms with Crippen LogP contribution >= 0.6 is 11.8 Å². The molecule has 0 fully saturated rings. The van der Waals surface area contributed by atoms with Gasteiger partial charge < -0.3 is 20.1 Å². The first kappa shape index (κ1) is 21.5. The number of nitrogens with zero attached hydrogens (tertiary/aromatic N) is 3. The molecular formula is C21H17FN4O5S. The lowest BCUT2D eigenvalue weighted by atomic mass is 10.1. The Balaban J connectivity index is 1.70. The van der Waals surface area contributed by atoms with Crippen LogP contribution in [0.4, 0.5) is 4.39 Å². The summed E-state index contributed by atoms with van der Waals surface area (Å²) in [5.74, 6) is -2.26. The number of thioether (sulfide) groups is 1. The number of aromatic nitrogens is 3. The molecule has 0 saturated carbocycles. The number of amides is 1. The molecule has 0 spiro atoms. The van der Waals surface area contributed by atoms with Crippen LogP contribution in [0, 0.1) is 5.82 Å². The van der Waals surface area contributed by atoms with Gasteiger partial charge in [0.1, 0.15) is 23.7 Å². The zero-order chi connectivity index (χ0) is 22.8. The van der Waals surface area contributed by atoms with Crippen molar-refractivity contribution >= 4 is 23.6 Å². The number of aliphatic carboxylic acids is 1. The second kappa shape index (κ2) is 8.79. The second-order valence-electron chi connectivity index (χ2n) is 6.98.